The Kier molecular flexibility index (Phi) is 9.78. The number of benzene rings is 2. The predicted octanol–water partition coefficient (Wildman–Crippen LogP) is 5.48. The molecule has 0 saturated carbocycles. The zero-order chi connectivity index (χ0) is 29.6. The monoisotopic (exact) mass is 576 g/mol. The van der Waals surface area contributed by atoms with E-state index in [-0.39, 0.29) is 17.5 Å². The Morgan fingerprint density at radius 1 is 1.10 bits per heavy atom. The maximum atomic E-state index is 10.8. The van der Waals surface area contributed by atoms with Crippen molar-refractivity contribution < 1.29 is 14.3 Å². The quantitative estimate of drug-likeness (QED) is 0.224. The first-order chi connectivity index (χ1) is 19.5. The van der Waals surface area contributed by atoms with Crippen LogP contribution in [0.1, 0.15) is 50.8 Å². The molecular weight excluding hydrogens is 532 g/mol. The number of carboxylic acids is 1. The molecule has 1 aliphatic heterocycles. The highest BCUT2D eigenvalue weighted by atomic mass is 28.4. The van der Waals surface area contributed by atoms with E-state index in [4.69, 9.17) is 9.53 Å². The summed E-state index contributed by atoms with van der Waals surface area (Å²) in [6, 6.07) is 17.1. The van der Waals surface area contributed by atoms with Crippen LogP contribution in [0, 0.1) is 0 Å². The third-order valence-corrected chi connectivity index (χ3v) is 12.6. The number of hydrogen-bond acceptors (Lipinski definition) is 7. The lowest BCUT2D eigenvalue weighted by molar-refractivity contribution is -0.137. The number of aromatic nitrogens is 4. The summed E-state index contributed by atoms with van der Waals surface area (Å²) >= 11 is 0. The fraction of sp³-hybridized carbons (Fsp3) is 0.484. The molecule has 1 aliphatic rings. The minimum absolute atomic E-state index is 0.0803. The molecular formula is C31H44N6O3Si. The molecule has 1 atom stereocenters. The van der Waals surface area contributed by atoms with Gasteiger partial charge in [0.15, 0.2) is 0 Å². The fourth-order valence-electron chi connectivity index (χ4n) is 4.84. The van der Waals surface area contributed by atoms with Crippen LogP contribution in [0.4, 0.5) is 0 Å². The van der Waals surface area contributed by atoms with E-state index in [0.717, 1.165) is 44.0 Å². The lowest BCUT2D eigenvalue weighted by Gasteiger charge is -2.40. The van der Waals surface area contributed by atoms with Crippen LogP contribution in [-0.2, 0) is 11.3 Å². The van der Waals surface area contributed by atoms with Crippen molar-refractivity contribution in [3.05, 3.63) is 72.3 Å². The molecule has 0 spiro atoms. The van der Waals surface area contributed by atoms with Gasteiger partial charge in [0, 0.05) is 44.7 Å². The van der Waals surface area contributed by atoms with E-state index in [2.05, 4.69) is 102 Å². The van der Waals surface area contributed by atoms with Crippen LogP contribution in [0.2, 0.25) is 18.1 Å². The number of carbonyl (C=O) groups is 1. The van der Waals surface area contributed by atoms with Crippen molar-refractivity contribution in [3.63, 3.8) is 0 Å². The van der Waals surface area contributed by atoms with E-state index < -0.39 is 14.3 Å². The first-order valence-corrected chi connectivity index (χ1v) is 17.3. The number of piperazine rings is 1. The molecule has 1 saturated heterocycles. The Labute approximate surface area is 244 Å². The van der Waals surface area contributed by atoms with Crippen molar-refractivity contribution in [2.75, 3.05) is 32.7 Å². The second kappa shape index (κ2) is 13.1. The summed E-state index contributed by atoms with van der Waals surface area (Å²) in [7, 11) is -1.98. The highest BCUT2D eigenvalue weighted by molar-refractivity contribution is 6.74. The van der Waals surface area contributed by atoms with Gasteiger partial charge in [-0.1, -0.05) is 63.2 Å². The summed E-state index contributed by atoms with van der Waals surface area (Å²) in [5.41, 5.74) is 3.29. The first kappa shape index (κ1) is 30.6. The van der Waals surface area contributed by atoms with E-state index >= 15 is 0 Å². The highest BCUT2D eigenvalue weighted by Gasteiger charge is 2.39. The van der Waals surface area contributed by atoms with Crippen molar-refractivity contribution in [1.82, 2.24) is 30.0 Å². The maximum absolute atomic E-state index is 10.8. The second-order valence-corrected chi connectivity index (χ2v) is 17.0. The average molecular weight is 577 g/mol. The molecule has 1 fully saturated rings. The summed E-state index contributed by atoms with van der Waals surface area (Å²) in [5, 5.41) is 21.7. The third-order valence-electron chi connectivity index (χ3n) is 8.20. The molecule has 3 aromatic rings. The Morgan fingerprint density at radius 3 is 2.44 bits per heavy atom. The van der Waals surface area contributed by atoms with Gasteiger partial charge in [0.2, 0.25) is 14.1 Å². The molecule has 10 heteroatoms. The Bertz CT molecular complexity index is 1310. The van der Waals surface area contributed by atoms with Gasteiger partial charge in [0.25, 0.3) is 0 Å². The van der Waals surface area contributed by atoms with Crippen LogP contribution in [0.15, 0.2) is 61.2 Å². The third kappa shape index (κ3) is 7.90. The van der Waals surface area contributed by atoms with Gasteiger partial charge in [-0.15, -0.1) is 16.8 Å². The van der Waals surface area contributed by atoms with Crippen LogP contribution in [0.5, 0.6) is 5.75 Å². The van der Waals surface area contributed by atoms with Crippen molar-refractivity contribution in [3.8, 4) is 17.1 Å². The molecule has 0 unspecified atom stereocenters. The maximum Gasteiger partial charge on any atom is 0.303 e. The second-order valence-electron chi connectivity index (χ2n) is 12.3. The Hall–Kier alpha value is -3.34. The SMILES string of the molecule is C=CCN1CCN([C@@H](c2ccc(-c3nnn(CCCC(=O)O)n3)cc2)c2cccc(O[Si](C)(C)C(C)(C)C)c2)CC1. The number of carboxylic acid groups (broad SMARTS) is 1. The first-order valence-electron chi connectivity index (χ1n) is 14.4. The lowest BCUT2D eigenvalue weighted by Crippen LogP contribution is -2.47. The summed E-state index contributed by atoms with van der Waals surface area (Å²) in [6.07, 6.45) is 2.52. The number of aryl methyl sites for hydroxylation is 1. The van der Waals surface area contributed by atoms with Crippen LogP contribution in [-0.4, -0.2) is 82.1 Å². The molecule has 1 N–H and O–H groups in total. The van der Waals surface area contributed by atoms with Gasteiger partial charge in [-0.25, -0.2) is 0 Å². The zero-order valence-corrected chi connectivity index (χ0v) is 26.1. The number of aliphatic carboxylic acids is 1. The van der Waals surface area contributed by atoms with Gasteiger partial charge in [0.05, 0.1) is 12.6 Å². The average Bonchev–Trinajstić information content (AvgIpc) is 3.38. The molecule has 0 radical (unpaired) electrons. The number of nitrogens with zero attached hydrogens (tertiary/aromatic N) is 6. The molecule has 0 amide bonds. The van der Waals surface area contributed by atoms with E-state index in [1.807, 2.05) is 18.2 Å². The molecule has 9 nitrogen and oxygen atoms in total. The van der Waals surface area contributed by atoms with E-state index in [0.29, 0.717) is 18.8 Å². The fourth-order valence-corrected chi connectivity index (χ4v) is 5.86. The molecule has 2 heterocycles. The molecule has 0 bridgehead atoms. The van der Waals surface area contributed by atoms with Crippen molar-refractivity contribution >= 4 is 14.3 Å². The van der Waals surface area contributed by atoms with Gasteiger partial charge in [0.1, 0.15) is 5.75 Å². The van der Waals surface area contributed by atoms with E-state index in [1.165, 1.54) is 15.9 Å². The van der Waals surface area contributed by atoms with Crippen LogP contribution >= 0.6 is 0 Å². The van der Waals surface area contributed by atoms with Gasteiger partial charge >= 0.3 is 5.97 Å². The normalized spacial score (nSPS) is 15.9. The van der Waals surface area contributed by atoms with E-state index in [1.54, 1.807) is 0 Å². The minimum atomic E-state index is -1.98. The predicted molar refractivity (Wildman–Crippen MR) is 164 cm³/mol. The molecule has 4 rings (SSSR count). The lowest BCUT2D eigenvalue weighted by atomic mass is 9.95. The van der Waals surface area contributed by atoms with Gasteiger partial charge in [-0.05, 0) is 53.0 Å². The largest absolute Gasteiger partial charge is 0.543 e. The van der Waals surface area contributed by atoms with Crippen LogP contribution < -0.4 is 4.43 Å². The van der Waals surface area contributed by atoms with Crippen LogP contribution in [0.3, 0.4) is 0 Å². The number of tetrazole rings is 1. The van der Waals surface area contributed by atoms with Crippen molar-refractivity contribution in [1.29, 1.82) is 0 Å². The van der Waals surface area contributed by atoms with Gasteiger partial charge in [-0.2, -0.15) is 4.80 Å². The number of rotatable bonds is 12. The minimum Gasteiger partial charge on any atom is -0.543 e. The number of hydrogen-bond donors (Lipinski definition) is 1. The standard InChI is InChI=1S/C31H44N6O3Si/c1-7-17-35-19-21-36(22-20-35)29(26-10-8-11-27(23-26)40-41(5,6)31(2,3)4)24-13-15-25(16-14-24)30-32-34-37(33-30)18-9-12-28(38)39/h7-8,10-11,13-16,23,29H,1,9,12,17-22H2,2-6H3,(H,38,39)/t29-/m0/s1. The summed E-state index contributed by atoms with van der Waals surface area (Å²) in [5.74, 6) is 0.644. The topological polar surface area (TPSA) is 96.6 Å². The Balaban J connectivity index is 1.59. The zero-order valence-electron chi connectivity index (χ0n) is 25.1. The highest BCUT2D eigenvalue weighted by Crippen LogP contribution is 2.39. The van der Waals surface area contributed by atoms with E-state index in [9.17, 15) is 4.79 Å². The molecule has 0 aliphatic carbocycles. The molecule has 220 valence electrons. The van der Waals surface area contributed by atoms with Crippen molar-refractivity contribution in [2.45, 2.75) is 64.3 Å². The molecule has 2 aromatic carbocycles. The smallest absolute Gasteiger partial charge is 0.303 e. The van der Waals surface area contributed by atoms with Gasteiger partial charge in [-0.3, -0.25) is 14.6 Å². The van der Waals surface area contributed by atoms with Crippen molar-refractivity contribution in [2.24, 2.45) is 0 Å². The summed E-state index contributed by atoms with van der Waals surface area (Å²) < 4.78 is 6.69. The van der Waals surface area contributed by atoms with Gasteiger partial charge < -0.3 is 9.53 Å². The Morgan fingerprint density at radius 2 is 1.80 bits per heavy atom. The molecule has 41 heavy (non-hydrogen) atoms. The molecule has 1 aromatic heterocycles. The van der Waals surface area contributed by atoms with Crippen LogP contribution in [0.25, 0.3) is 11.4 Å². The summed E-state index contributed by atoms with van der Waals surface area (Å²) in [4.78, 5) is 17.3. The summed E-state index contributed by atoms with van der Waals surface area (Å²) in [6.45, 7) is 20.5.